The summed E-state index contributed by atoms with van der Waals surface area (Å²) in [6.07, 6.45) is 4.05. The van der Waals surface area contributed by atoms with Gasteiger partial charge in [0.05, 0.1) is 5.69 Å². The molecule has 0 amide bonds. The van der Waals surface area contributed by atoms with Crippen molar-refractivity contribution in [1.82, 2.24) is 19.8 Å². The number of piperazine rings is 1. The summed E-state index contributed by atoms with van der Waals surface area (Å²) in [4.78, 5) is 12.7. The maximum Gasteiger partial charge on any atom is 0.114 e. The summed E-state index contributed by atoms with van der Waals surface area (Å²) < 4.78 is 15.1. The standard InChI is InChI=1S/C28H27FN4/c1-32-10-12-33(13-11-32)18-19-2-4-20(5-3-19)23-15-24-27(31-17-23)16-25(29)28(24)22-6-7-26-21(14-22)8-9-30-26/h2-9,14-15,17,30H,10-13,16,18H2,1H3. The Balaban J connectivity index is 1.27. The minimum atomic E-state index is -0.105. The van der Waals surface area contributed by atoms with Crippen molar-refractivity contribution in [3.05, 3.63) is 95.2 Å². The topological polar surface area (TPSA) is 35.2 Å². The van der Waals surface area contributed by atoms with Crippen molar-refractivity contribution in [3.8, 4) is 11.1 Å². The van der Waals surface area contributed by atoms with Crippen LogP contribution in [-0.2, 0) is 13.0 Å². The highest BCUT2D eigenvalue weighted by molar-refractivity contribution is 5.91. The quantitative estimate of drug-likeness (QED) is 0.472. The van der Waals surface area contributed by atoms with Crippen LogP contribution in [0.1, 0.15) is 22.4 Å². The number of likely N-dealkylation sites (N-methyl/N-ethyl adjacent to an activating group) is 1. The van der Waals surface area contributed by atoms with Crippen molar-refractivity contribution >= 4 is 16.5 Å². The van der Waals surface area contributed by atoms with Gasteiger partial charge in [-0.15, -0.1) is 0 Å². The van der Waals surface area contributed by atoms with E-state index < -0.39 is 0 Å². The van der Waals surface area contributed by atoms with Crippen molar-refractivity contribution < 1.29 is 4.39 Å². The van der Waals surface area contributed by atoms with Crippen molar-refractivity contribution in [3.63, 3.8) is 0 Å². The lowest BCUT2D eigenvalue weighted by molar-refractivity contribution is 0.148. The molecule has 0 saturated carbocycles. The van der Waals surface area contributed by atoms with Crippen LogP contribution in [0.25, 0.3) is 27.6 Å². The lowest BCUT2D eigenvalue weighted by Crippen LogP contribution is -2.43. The highest BCUT2D eigenvalue weighted by Crippen LogP contribution is 2.39. The predicted molar refractivity (Wildman–Crippen MR) is 132 cm³/mol. The summed E-state index contributed by atoms with van der Waals surface area (Å²) in [5.41, 5.74) is 7.81. The Hall–Kier alpha value is -3.28. The van der Waals surface area contributed by atoms with Crippen LogP contribution < -0.4 is 0 Å². The average Bonchev–Trinajstić information content (AvgIpc) is 3.43. The van der Waals surface area contributed by atoms with E-state index in [1.807, 2.05) is 30.6 Å². The van der Waals surface area contributed by atoms with E-state index in [0.29, 0.717) is 5.57 Å². The van der Waals surface area contributed by atoms with Crippen LogP contribution in [0.2, 0.25) is 0 Å². The summed E-state index contributed by atoms with van der Waals surface area (Å²) in [5, 5.41) is 1.08. The largest absolute Gasteiger partial charge is 0.361 e. The van der Waals surface area contributed by atoms with Gasteiger partial charge in [0.2, 0.25) is 0 Å². The molecule has 5 heteroatoms. The van der Waals surface area contributed by atoms with Gasteiger partial charge in [0.15, 0.2) is 0 Å². The molecule has 2 aliphatic rings. The Labute approximate surface area is 193 Å². The molecular weight excluding hydrogens is 411 g/mol. The summed E-state index contributed by atoms with van der Waals surface area (Å²) in [7, 11) is 2.18. The van der Waals surface area contributed by atoms with Crippen molar-refractivity contribution in [2.24, 2.45) is 0 Å². The second-order valence-electron chi connectivity index (χ2n) is 9.23. The molecule has 2 aromatic carbocycles. The highest BCUT2D eigenvalue weighted by Gasteiger charge is 2.25. The maximum atomic E-state index is 15.1. The van der Waals surface area contributed by atoms with Gasteiger partial charge in [0.25, 0.3) is 0 Å². The Morgan fingerprint density at radius 2 is 1.70 bits per heavy atom. The summed E-state index contributed by atoms with van der Waals surface area (Å²) >= 11 is 0. The molecule has 1 saturated heterocycles. The molecule has 3 heterocycles. The van der Waals surface area contributed by atoms with E-state index in [9.17, 15) is 0 Å². The van der Waals surface area contributed by atoms with Gasteiger partial charge >= 0.3 is 0 Å². The molecule has 0 bridgehead atoms. The second-order valence-corrected chi connectivity index (χ2v) is 9.23. The number of rotatable bonds is 4. The number of halogens is 1. The fraction of sp³-hybridized carbons (Fsp3) is 0.250. The van der Waals surface area contributed by atoms with Gasteiger partial charge in [-0.3, -0.25) is 9.88 Å². The molecular formula is C28H27FN4. The number of allylic oxidation sites excluding steroid dienone is 1. The number of hydrogen-bond donors (Lipinski definition) is 1. The summed E-state index contributed by atoms with van der Waals surface area (Å²) in [6, 6.07) is 18.9. The average molecular weight is 439 g/mol. The SMILES string of the molecule is CN1CCN(Cc2ccc(-c3cnc4c(c3)C(c3ccc5[nH]ccc5c3)=C(F)C4)cc2)CC1. The molecule has 2 aromatic heterocycles. The van der Waals surface area contributed by atoms with E-state index in [4.69, 9.17) is 0 Å². The predicted octanol–water partition coefficient (Wildman–Crippen LogP) is 5.26. The highest BCUT2D eigenvalue weighted by atomic mass is 19.1. The van der Waals surface area contributed by atoms with Crippen LogP contribution >= 0.6 is 0 Å². The molecule has 166 valence electrons. The lowest BCUT2D eigenvalue weighted by atomic mass is 9.96. The molecule has 1 aliphatic carbocycles. The van der Waals surface area contributed by atoms with Crippen LogP contribution in [0, 0.1) is 0 Å². The molecule has 6 rings (SSSR count). The van der Waals surface area contributed by atoms with E-state index >= 15 is 4.39 Å². The monoisotopic (exact) mass is 438 g/mol. The molecule has 0 atom stereocenters. The van der Waals surface area contributed by atoms with Gasteiger partial charge in [-0.25, -0.2) is 4.39 Å². The van der Waals surface area contributed by atoms with Crippen LogP contribution in [0.3, 0.4) is 0 Å². The Kier molecular flexibility index (Phi) is 5.08. The van der Waals surface area contributed by atoms with Crippen LogP contribution in [0.5, 0.6) is 0 Å². The number of benzene rings is 2. The van der Waals surface area contributed by atoms with Crippen molar-refractivity contribution in [2.75, 3.05) is 33.2 Å². The third-order valence-corrected chi connectivity index (χ3v) is 6.96. The van der Waals surface area contributed by atoms with E-state index in [-0.39, 0.29) is 12.2 Å². The normalized spacial score (nSPS) is 17.2. The first-order chi connectivity index (χ1) is 16.1. The fourth-order valence-electron chi connectivity index (χ4n) is 4.98. The number of nitrogens with zero attached hydrogens (tertiary/aromatic N) is 3. The third-order valence-electron chi connectivity index (χ3n) is 6.96. The Morgan fingerprint density at radius 1 is 0.909 bits per heavy atom. The van der Waals surface area contributed by atoms with E-state index in [1.54, 1.807) is 0 Å². The smallest absolute Gasteiger partial charge is 0.114 e. The van der Waals surface area contributed by atoms with Gasteiger partial charge in [-0.05, 0) is 53.4 Å². The van der Waals surface area contributed by atoms with E-state index in [2.05, 4.69) is 63.2 Å². The summed E-state index contributed by atoms with van der Waals surface area (Å²) in [5.74, 6) is -0.105. The molecule has 33 heavy (non-hydrogen) atoms. The lowest BCUT2D eigenvalue weighted by Gasteiger charge is -2.32. The zero-order valence-electron chi connectivity index (χ0n) is 18.8. The zero-order chi connectivity index (χ0) is 22.4. The molecule has 1 N–H and O–H groups in total. The number of aromatic nitrogens is 2. The number of aromatic amines is 1. The Bertz CT molecular complexity index is 1340. The first-order valence-electron chi connectivity index (χ1n) is 11.6. The van der Waals surface area contributed by atoms with E-state index in [0.717, 1.165) is 71.6 Å². The number of nitrogens with one attached hydrogen (secondary N) is 1. The molecule has 0 spiro atoms. The number of fused-ring (bicyclic) bond motifs is 2. The van der Waals surface area contributed by atoms with Gasteiger partial charge < -0.3 is 9.88 Å². The van der Waals surface area contributed by atoms with Crippen molar-refractivity contribution in [2.45, 2.75) is 13.0 Å². The first-order valence-corrected chi connectivity index (χ1v) is 11.6. The van der Waals surface area contributed by atoms with E-state index in [1.165, 1.54) is 5.56 Å². The Morgan fingerprint density at radius 3 is 2.52 bits per heavy atom. The molecule has 0 unspecified atom stereocenters. The minimum Gasteiger partial charge on any atom is -0.361 e. The third kappa shape index (κ3) is 3.88. The zero-order valence-corrected chi connectivity index (χ0v) is 18.8. The van der Waals surface area contributed by atoms with Crippen LogP contribution in [0.15, 0.2) is 72.8 Å². The number of H-pyrrole nitrogens is 1. The fourth-order valence-corrected chi connectivity index (χ4v) is 4.98. The maximum absolute atomic E-state index is 15.1. The first kappa shape index (κ1) is 20.3. The molecule has 1 aliphatic heterocycles. The second kappa shape index (κ2) is 8.25. The number of pyridine rings is 1. The molecule has 1 fully saturated rings. The summed E-state index contributed by atoms with van der Waals surface area (Å²) in [6.45, 7) is 5.46. The van der Waals surface area contributed by atoms with Gasteiger partial charge in [-0.1, -0.05) is 30.3 Å². The van der Waals surface area contributed by atoms with Gasteiger partial charge in [0, 0.05) is 73.8 Å². The minimum absolute atomic E-state index is 0.105. The molecule has 4 aromatic rings. The molecule has 4 nitrogen and oxygen atoms in total. The van der Waals surface area contributed by atoms with Crippen molar-refractivity contribution in [1.29, 1.82) is 0 Å². The van der Waals surface area contributed by atoms with Crippen LogP contribution in [-0.4, -0.2) is 53.0 Å². The van der Waals surface area contributed by atoms with Gasteiger partial charge in [-0.2, -0.15) is 0 Å². The van der Waals surface area contributed by atoms with Crippen LogP contribution in [0.4, 0.5) is 4.39 Å². The van der Waals surface area contributed by atoms with Gasteiger partial charge in [0.1, 0.15) is 5.83 Å². The molecule has 0 radical (unpaired) electrons. The number of hydrogen-bond acceptors (Lipinski definition) is 3.